The minimum absolute atomic E-state index is 1.08. The molecule has 0 atom stereocenters. The van der Waals surface area contributed by atoms with Gasteiger partial charge in [0, 0.05) is 18.1 Å². The summed E-state index contributed by atoms with van der Waals surface area (Å²) in [6.07, 6.45) is 9.44. The van der Waals surface area contributed by atoms with Crippen molar-refractivity contribution >= 4 is 0 Å². The molecule has 0 bridgehead atoms. The molecule has 0 aliphatic heterocycles. The van der Waals surface area contributed by atoms with E-state index in [2.05, 4.69) is 13.2 Å². The smallest absolute Gasteiger partial charge is 0.0402 e. The third-order valence-electron chi connectivity index (χ3n) is 1.32. The molecule has 0 aromatic carbocycles. The molecule has 0 aromatic heterocycles. The Balaban J connectivity index is 4.47. The molecule has 0 rings (SSSR count). The third-order valence-corrected chi connectivity index (χ3v) is 1.32. The average Bonchev–Trinajstić information content (AvgIpc) is 2.05. The van der Waals surface area contributed by atoms with Gasteiger partial charge in [-0.3, -0.25) is 0 Å². The number of hydrogen-bond donors (Lipinski definition) is 0. The van der Waals surface area contributed by atoms with Gasteiger partial charge in [-0.15, -0.1) is 0 Å². The molecule has 0 aliphatic rings. The van der Waals surface area contributed by atoms with Crippen molar-refractivity contribution in [3.8, 4) is 0 Å². The molecular weight excluding hydrogens is 134 g/mol. The molecule has 0 heterocycles. The maximum atomic E-state index is 3.66. The van der Waals surface area contributed by atoms with Crippen LogP contribution in [-0.2, 0) is 0 Å². The maximum Gasteiger partial charge on any atom is 0.0402 e. The van der Waals surface area contributed by atoms with Crippen LogP contribution in [0.5, 0.6) is 0 Å². The predicted octanol–water partition coefficient (Wildman–Crippen LogP) is 3.06. The zero-order valence-corrected chi connectivity index (χ0v) is 7.25. The highest BCUT2D eigenvalue weighted by Gasteiger charge is 1.93. The molecule has 0 aromatic rings. The van der Waals surface area contributed by atoms with Crippen LogP contribution in [0.3, 0.4) is 0 Å². The van der Waals surface area contributed by atoms with Gasteiger partial charge >= 0.3 is 0 Å². The molecule has 1 nitrogen and oxygen atoms in total. The van der Waals surface area contributed by atoms with Crippen molar-refractivity contribution in [2.45, 2.75) is 13.8 Å². The highest BCUT2D eigenvalue weighted by molar-refractivity contribution is 5.20. The van der Waals surface area contributed by atoms with Crippen LogP contribution in [0, 0.1) is 0 Å². The summed E-state index contributed by atoms with van der Waals surface area (Å²) in [6.45, 7) is 11.3. The second kappa shape index (κ2) is 5.54. The first-order valence-corrected chi connectivity index (χ1v) is 3.62. The lowest BCUT2D eigenvalue weighted by Gasteiger charge is -2.14. The second-order valence-electron chi connectivity index (χ2n) is 1.99. The summed E-state index contributed by atoms with van der Waals surface area (Å²) in [6, 6.07) is 0. The van der Waals surface area contributed by atoms with Crippen LogP contribution in [-0.4, -0.2) is 4.90 Å². The van der Waals surface area contributed by atoms with Gasteiger partial charge < -0.3 is 4.90 Å². The number of hydrogen-bond acceptors (Lipinski definition) is 1. The SMILES string of the molecule is C=CN(C=C)C(/C=C\C)=C\C. The zero-order chi connectivity index (χ0) is 8.69. The molecular formula is C10H15N. The first-order chi connectivity index (χ1) is 5.29. The topological polar surface area (TPSA) is 3.24 Å². The van der Waals surface area contributed by atoms with E-state index < -0.39 is 0 Å². The Hall–Kier alpha value is -1.24. The molecule has 0 saturated heterocycles. The summed E-state index contributed by atoms with van der Waals surface area (Å²) in [5.41, 5.74) is 1.08. The highest BCUT2D eigenvalue weighted by Crippen LogP contribution is 2.05. The molecule has 0 aliphatic carbocycles. The summed E-state index contributed by atoms with van der Waals surface area (Å²) in [4.78, 5) is 1.86. The third kappa shape index (κ3) is 2.89. The van der Waals surface area contributed by atoms with E-state index in [-0.39, 0.29) is 0 Å². The van der Waals surface area contributed by atoms with Gasteiger partial charge in [-0.05, 0) is 19.9 Å². The Morgan fingerprint density at radius 3 is 2.00 bits per heavy atom. The Morgan fingerprint density at radius 1 is 1.18 bits per heavy atom. The Morgan fingerprint density at radius 2 is 1.73 bits per heavy atom. The van der Waals surface area contributed by atoms with Gasteiger partial charge in [0.2, 0.25) is 0 Å². The standard InChI is InChI=1S/C10H15N/c1-5-9-10(6-2)11(7-3)8-4/h5-9H,3-4H2,1-2H3/b9-5-,10-6-. The predicted molar refractivity (Wildman–Crippen MR) is 50.8 cm³/mol. The summed E-state index contributed by atoms with van der Waals surface area (Å²) >= 11 is 0. The van der Waals surface area contributed by atoms with Crippen molar-refractivity contribution in [2.24, 2.45) is 0 Å². The van der Waals surface area contributed by atoms with Gasteiger partial charge in [0.15, 0.2) is 0 Å². The van der Waals surface area contributed by atoms with Crippen molar-refractivity contribution < 1.29 is 0 Å². The van der Waals surface area contributed by atoms with Crippen LogP contribution >= 0.6 is 0 Å². The van der Waals surface area contributed by atoms with Gasteiger partial charge in [-0.25, -0.2) is 0 Å². The summed E-state index contributed by atoms with van der Waals surface area (Å²) < 4.78 is 0. The summed E-state index contributed by atoms with van der Waals surface area (Å²) in [7, 11) is 0. The van der Waals surface area contributed by atoms with E-state index in [1.54, 1.807) is 12.4 Å². The van der Waals surface area contributed by atoms with Crippen LogP contribution in [0.4, 0.5) is 0 Å². The minimum atomic E-state index is 1.08. The average molecular weight is 149 g/mol. The normalized spacial score (nSPS) is 11.6. The minimum Gasteiger partial charge on any atom is -0.325 e. The molecule has 0 saturated carbocycles. The van der Waals surface area contributed by atoms with Crippen LogP contribution in [0.1, 0.15) is 13.8 Å². The lowest BCUT2D eigenvalue weighted by Crippen LogP contribution is -2.05. The lowest BCUT2D eigenvalue weighted by atomic mass is 10.3. The number of allylic oxidation sites excluding steroid dienone is 3. The van der Waals surface area contributed by atoms with Crippen molar-refractivity contribution in [3.05, 3.63) is 49.5 Å². The quantitative estimate of drug-likeness (QED) is 0.555. The van der Waals surface area contributed by atoms with Gasteiger partial charge in [0.1, 0.15) is 0 Å². The fourth-order valence-corrected chi connectivity index (χ4v) is 0.787. The fraction of sp³-hybridized carbons (Fsp3) is 0.200. The van der Waals surface area contributed by atoms with Crippen LogP contribution in [0.15, 0.2) is 49.5 Å². The number of nitrogens with zero attached hydrogens (tertiary/aromatic N) is 1. The molecule has 0 N–H and O–H groups in total. The van der Waals surface area contributed by atoms with Crippen molar-refractivity contribution in [1.82, 2.24) is 4.90 Å². The Kier molecular flexibility index (Phi) is 4.91. The van der Waals surface area contributed by atoms with Crippen LogP contribution in [0.2, 0.25) is 0 Å². The van der Waals surface area contributed by atoms with E-state index >= 15 is 0 Å². The second-order valence-corrected chi connectivity index (χ2v) is 1.99. The molecule has 11 heavy (non-hydrogen) atoms. The van der Waals surface area contributed by atoms with E-state index in [0.29, 0.717) is 0 Å². The largest absolute Gasteiger partial charge is 0.325 e. The first kappa shape index (κ1) is 9.76. The van der Waals surface area contributed by atoms with E-state index in [9.17, 15) is 0 Å². The molecule has 0 amide bonds. The van der Waals surface area contributed by atoms with Crippen LogP contribution < -0.4 is 0 Å². The first-order valence-electron chi connectivity index (χ1n) is 3.62. The number of rotatable bonds is 4. The van der Waals surface area contributed by atoms with E-state index in [4.69, 9.17) is 0 Å². The van der Waals surface area contributed by atoms with Crippen molar-refractivity contribution in [2.75, 3.05) is 0 Å². The van der Waals surface area contributed by atoms with Gasteiger partial charge in [-0.1, -0.05) is 25.3 Å². The van der Waals surface area contributed by atoms with E-state index in [1.807, 2.05) is 37.0 Å². The zero-order valence-electron chi connectivity index (χ0n) is 7.25. The molecule has 1 heteroatoms. The molecule has 0 radical (unpaired) electrons. The van der Waals surface area contributed by atoms with Gasteiger partial charge in [0.25, 0.3) is 0 Å². The van der Waals surface area contributed by atoms with Gasteiger partial charge in [0.05, 0.1) is 0 Å². The Labute approximate surface area is 69.0 Å². The summed E-state index contributed by atoms with van der Waals surface area (Å²) in [5, 5.41) is 0. The lowest BCUT2D eigenvalue weighted by molar-refractivity contribution is 0.654. The summed E-state index contributed by atoms with van der Waals surface area (Å²) in [5.74, 6) is 0. The molecule has 0 fully saturated rings. The molecule has 0 unspecified atom stereocenters. The van der Waals surface area contributed by atoms with Gasteiger partial charge in [-0.2, -0.15) is 0 Å². The molecule has 60 valence electrons. The van der Waals surface area contributed by atoms with E-state index in [0.717, 1.165) is 5.70 Å². The monoisotopic (exact) mass is 149 g/mol. The van der Waals surface area contributed by atoms with Crippen molar-refractivity contribution in [3.63, 3.8) is 0 Å². The van der Waals surface area contributed by atoms with E-state index in [1.165, 1.54) is 0 Å². The van der Waals surface area contributed by atoms with Crippen molar-refractivity contribution in [1.29, 1.82) is 0 Å². The maximum absolute atomic E-state index is 3.66. The van der Waals surface area contributed by atoms with Crippen LogP contribution in [0.25, 0.3) is 0 Å². The Bertz CT molecular complexity index is 179. The fourth-order valence-electron chi connectivity index (χ4n) is 0.787. The highest BCUT2D eigenvalue weighted by atomic mass is 15.1. The molecule has 0 spiro atoms.